The van der Waals surface area contributed by atoms with Crippen molar-refractivity contribution >= 4 is 21.6 Å². The summed E-state index contributed by atoms with van der Waals surface area (Å²) in [5.41, 5.74) is 3.74. The molecule has 0 fully saturated rings. The lowest BCUT2D eigenvalue weighted by Crippen LogP contribution is -2.27. The van der Waals surface area contributed by atoms with Crippen molar-refractivity contribution in [2.75, 3.05) is 12.4 Å². The number of hydrogen-bond donors (Lipinski definition) is 1. The predicted molar refractivity (Wildman–Crippen MR) is 97.9 cm³/mol. The first-order valence-corrected chi connectivity index (χ1v) is 9.81. The highest BCUT2D eigenvalue weighted by Gasteiger charge is 2.23. The molecule has 0 aliphatic carbocycles. The SMILES string of the molecule is CCc1ccc(CN(C)S(=O)(=O)c2ccc3c(c2)CCC(=O)N3)cc1. The molecule has 1 heterocycles. The van der Waals surface area contributed by atoms with E-state index in [-0.39, 0.29) is 10.8 Å². The molecule has 5 nitrogen and oxygen atoms in total. The van der Waals surface area contributed by atoms with E-state index in [1.807, 2.05) is 24.3 Å². The summed E-state index contributed by atoms with van der Waals surface area (Å²) in [6, 6.07) is 12.9. The van der Waals surface area contributed by atoms with Crippen LogP contribution < -0.4 is 5.32 Å². The zero-order valence-electron chi connectivity index (χ0n) is 14.5. The Morgan fingerprint density at radius 2 is 1.72 bits per heavy atom. The molecule has 1 aliphatic heterocycles. The van der Waals surface area contributed by atoms with Crippen LogP contribution in [-0.2, 0) is 34.2 Å². The summed E-state index contributed by atoms with van der Waals surface area (Å²) in [6.45, 7) is 2.41. The monoisotopic (exact) mass is 358 g/mol. The summed E-state index contributed by atoms with van der Waals surface area (Å²) in [5.74, 6) is -0.0317. The van der Waals surface area contributed by atoms with Crippen LogP contribution in [0, 0.1) is 0 Å². The van der Waals surface area contributed by atoms with E-state index in [4.69, 9.17) is 0 Å². The second-order valence-electron chi connectivity index (χ2n) is 6.30. The molecule has 2 aromatic rings. The number of carbonyl (C=O) groups excluding carboxylic acids is 1. The molecule has 25 heavy (non-hydrogen) atoms. The van der Waals surface area contributed by atoms with Gasteiger partial charge in [-0.3, -0.25) is 4.79 Å². The maximum atomic E-state index is 12.8. The third-order valence-corrected chi connectivity index (χ3v) is 6.32. The maximum Gasteiger partial charge on any atom is 0.243 e. The van der Waals surface area contributed by atoms with E-state index in [1.165, 1.54) is 9.87 Å². The van der Waals surface area contributed by atoms with Crippen molar-refractivity contribution in [2.45, 2.75) is 37.6 Å². The third kappa shape index (κ3) is 3.75. The molecule has 132 valence electrons. The molecule has 3 rings (SSSR count). The van der Waals surface area contributed by atoms with E-state index in [9.17, 15) is 13.2 Å². The van der Waals surface area contributed by atoms with Crippen molar-refractivity contribution in [3.05, 3.63) is 59.2 Å². The van der Waals surface area contributed by atoms with Gasteiger partial charge >= 0.3 is 0 Å². The summed E-state index contributed by atoms with van der Waals surface area (Å²) in [6.07, 6.45) is 1.91. The molecule has 0 radical (unpaired) electrons. The highest BCUT2D eigenvalue weighted by atomic mass is 32.2. The highest BCUT2D eigenvalue weighted by molar-refractivity contribution is 7.89. The molecule has 0 atom stereocenters. The van der Waals surface area contributed by atoms with Crippen LogP contribution in [-0.4, -0.2) is 25.7 Å². The summed E-state index contributed by atoms with van der Waals surface area (Å²) >= 11 is 0. The number of benzene rings is 2. The summed E-state index contributed by atoms with van der Waals surface area (Å²) in [4.78, 5) is 11.7. The average molecular weight is 358 g/mol. The molecule has 6 heteroatoms. The van der Waals surface area contributed by atoms with Crippen molar-refractivity contribution in [3.63, 3.8) is 0 Å². The lowest BCUT2D eigenvalue weighted by Gasteiger charge is -2.21. The number of nitrogens with one attached hydrogen (secondary N) is 1. The smallest absolute Gasteiger partial charge is 0.243 e. The van der Waals surface area contributed by atoms with Gasteiger partial charge in [0.25, 0.3) is 0 Å². The summed E-state index contributed by atoms with van der Waals surface area (Å²) < 4.78 is 27.1. The Hall–Kier alpha value is -2.18. The minimum atomic E-state index is -3.58. The Labute approximate surface area is 148 Å². The van der Waals surface area contributed by atoms with Crippen LogP contribution in [0.3, 0.4) is 0 Å². The van der Waals surface area contributed by atoms with Crippen LogP contribution in [0.15, 0.2) is 47.4 Å². The number of carbonyl (C=O) groups is 1. The molecule has 2 aromatic carbocycles. The van der Waals surface area contributed by atoms with Gasteiger partial charge in [0, 0.05) is 25.7 Å². The number of rotatable bonds is 5. The molecule has 0 unspecified atom stereocenters. The van der Waals surface area contributed by atoms with E-state index in [2.05, 4.69) is 12.2 Å². The van der Waals surface area contributed by atoms with Crippen molar-refractivity contribution in [2.24, 2.45) is 0 Å². The molecular formula is C19H22N2O3S. The van der Waals surface area contributed by atoms with Crippen LogP contribution in [0.4, 0.5) is 5.69 Å². The first-order chi connectivity index (χ1) is 11.9. The number of nitrogens with zero attached hydrogens (tertiary/aromatic N) is 1. The predicted octanol–water partition coefficient (Wildman–Crippen LogP) is 2.95. The van der Waals surface area contributed by atoms with Crippen molar-refractivity contribution < 1.29 is 13.2 Å². The second-order valence-corrected chi connectivity index (χ2v) is 8.34. The summed E-state index contributed by atoms with van der Waals surface area (Å²) in [5, 5.41) is 2.77. The second kappa shape index (κ2) is 6.98. The number of aryl methyl sites for hydroxylation is 2. The van der Waals surface area contributed by atoms with Gasteiger partial charge in [0.2, 0.25) is 15.9 Å². The summed E-state index contributed by atoms with van der Waals surface area (Å²) in [7, 11) is -1.99. The minimum Gasteiger partial charge on any atom is -0.326 e. The largest absolute Gasteiger partial charge is 0.326 e. The van der Waals surface area contributed by atoms with E-state index in [0.717, 1.165) is 17.5 Å². The maximum absolute atomic E-state index is 12.8. The topological polar surface area (TPSA) is 66.5 Å². The molecular weight excluding hydrogens is 336 g/mol. The first-order valence-electron chi connectivity index (χ1n) is 8.37. The fourth-order valence-corrected chi connectivity index (χ4v) is 4.13. The van der Waals surface area contributed by atoms with Crippen LogP contribution in [0.25, 0.3) is 0 Å². The number of hydrogen-bond acceptors (Lipinski definition) is 3. The van der Waals surface area contributed by atoms with Gasteiger partial charge < -0.3 is 5.32 Å². The van der Waals surface area contributed by atoms with Gasteiger partial charge in [-0.1, -0.05) is 31.2 Å². The third-order valence-electron chi connectivity index (χ3n) is 4.52. The van der Waals surface area contributed by atoms with Crippen molar-refractivity contribution in [1.82, 2.24) is 4.31 Å². The van der Waals surface area contributed by atoms with Crippen LogP contribution in [0.2, 0.25) is 0 Å². The zero-order chi connectivity index (χ0) is 18.0. The number of anilines is 1. The Morgan fingerprint density at radius 1 is 1.04 bits per heavy atom. The van der Waals surface area contributed by atoms with Crippen LogP contribution >= 0.6 is 0 Å². The van der Waals surface area contributed by atoms with Gasteiger partial charge in [-0.25, -0.2) is 8.42 Å². The van der Waals surface area contributed by atoms with Gasteiger partial charge in [0.05, 0.1) is 4.90 Å². The number of sulfonamides is 1. The van der Waals surface area contributed by atoms with Crippen LogP contribution in [0.5, 0.6) is 0 Å². The Kier molecular flexibility index (Phi) is 4.92. The molecule has 0 spiro atoms. The fraction of sp³-hybridized carbons (Fsp3) is 0.316. The van der Waals surface area contributed by atoms with Crippen LogP contribution in [0.1, 0.15) is 30.0 Å². The standard InChI is InChI=1S/C19H22N2O3S/c1-3-14-4-6-15(7-5-14)13-21(2)25(23,24)17-9-10-18-16(12-17)8-11-19(22)20-18/h4-7,9-10,12H,3,8,11,13H2,1-2H3,(H,20,22). The van der Waals surface area contributed by atoms with E-state index < -0.39 is 10.0 Å². The molecule has 0 aromatic heterocycles. The lowest BCUT2D eigenvalue weighted by atomic mass is 10.0. The quantitative estimate of drug-likeness (QED) is 0.894. The van der Waals surface area contributed by atoms with E-state index in [0.29, 0.717) is 25.1 Å². The molecule has 0 bridgehead atoms. The molecule has 1 amide bonds. The highest BCUT2D eigenvalue weighted by Crippen LogP contribution is 2.27. The average Bonchev–Trinajstić information content (AvgIpc) is 2.61. The Morgan fingerprint density at radius 3 is 2.40 bits per heavy atom. The van der Waals surface area contributed by atoms with Gasteiger partial charge in [0.15, 0.2) is 0 Å². The van der Waals surface area contributed by atoms with Crippen molar-refractivity contribution in [3.8, 4) is 0 Å². The van der Waals surface area contributed by atoms with E-state index in [1.54, 1.807) is 25.2 Å². The molecule has 1 aliphatic rings. The fourth-order valence-electron chi connectivity index (χ4n) is 2.92. The molecule has 0 saturated carbocycles. The van der Waals surface area contributed by atoms with E-state index >= 15 is 0 Å². The van der Waals surface area contributed by atoms with Crippen molar-refractivity contribution in [1.29, 1.82) is 0 Å². The number of amides is 1. The Bertz CT molecular complexity index is 889. The Balaban J connectivity index is 1.81. The zero-order valence-corrected chi connectivity index (χ0v) is 15.3. The van der Waals surface area contributed by atoms with Gasteiger partial charge in [-0.2, -0.15) is 4.31 Å². The van der Waals surface area contributed by atoms with Gasteiger partial charge in [0.1, 0.15) is 0 Å². The lowest BCUT2D eigenvalue weighted by molar-refractivity contribution is -0.116. The molecule has 0 saturated heterocycles. The number of fused-ring (bicyclic) bond motifs is 1. The minimum absolute atomic E-state index is 0.0317. The first kappa shape index (κ1) is 17.6. The normalized spacial score (nSPS) is 14.3. The van der Waals surface area contributed by atoms with Gasteiger partial charge in [-0.15, -0.1) is 0 Å². The molecule has 1 N–H and O–H groups in total. The van der Waals surface area contributed by atoms with Gasteiger partial charge in [-0.05, 0) is 47.7 Å².